The first kappa shape index (κ1) is 20.6. The van der Waals surface area contributed by atoms with Crippen molar-refractivity contribution in [1.82, 2.24) is 14.6 Å². The highest BCUT2D eigenvalue weighted by atomic mass is 32.2. The van der Waals surface area contributed by atoms with E-state index >= 15 is 0 Å². The molecule has 0 spiro atoms. The third kappa shape index (κ3) is 4.92. The largest absolute Gasteiger partial charge is 0.462 e. The van der Waals surface area contributed by atoms with E-state index < -0.39 is 5.97 Å². The first-order valence-corrected chi connectivity index (χ1v) is 10.7. The van der Waals surface area contributed by atoms with Crippen LogP contribution in [-0.2, 0) is 9.53 Å². The highest BCUT2D eigenvalue weighted by molar-refractivity contribution is 7.99. The number of anilines is 1. The number of para-hydroxylation sites is 1. The van der Waals surface area contributed by atoms with E-state index in [-0.39, 0.29) is 18.3 Å². The quantitative estimate of drug-likeness (QED) is 0.346. The lowest BCUT2D eigenvalue weighted by molar-refractivity contribution is -0.113. The Kier molecular flexibility index (Phi) is 6.28. The van der Waals surface area contributed by atoms with Crippen LogP contribution in [0, 0.1) is 0 Å². The molecule has 0 fully saturated rings. The molecule has 2 aromatic heterocycles. The predicted molar refractivity (Wildman–Crippen MR) is 120 cm³/mol. The van der Waals surface area contributed by atoms with Crippen molar-refractivity contribution in [3.05, 3.63) is 78.5 Å². The molecular weight excluding hydrogens is 412 g/mol. The first-order chi connectivity index (χ1) is 15.1. The van der Waals surface area contributed by atoms with E-state index in [0.29, 0.717) is 16.3 Å². The van der Waals surface area contributed by atoms with Crippen LogP contribution in [0.2, 0.25) is 0 Å². The average molecular weight is 433 g/mol. The Labute approximate surface area is 183 Å². The summed E-state index contributed by atoms with van der Waals surface area (Å²) in [6.45, 7) is 2.01. The molecule has 2 heterocycles. The monoisotopic (exact) mass is 432 g/mol. The fourth-order valence-electron chi connectivity index (χ4n) is 2.99. The molecule has 0 bridgehead atoms. The molecule has 0 aliphatic rings. The Morgan fingerprint density at radius 2 is 1.81 bits per heavy atom. The van der Waals surface area contributed by atoms with Gasteiger partial charge in [-0.3, -0.25) is 4.79 Å². The van der Waals surface area contributed by atoms with E-state index in [1.54, 1.807) is 35.7 Å². The van der Waals surface area contributed by atoms with Crippen molar-refractivity contribution in [2.24, 2.45) is 0 Å². The molecule has 7 nitrogen and oxygen atoms in total. The molecule has 31 heavy (non-hydrogen) atoms. The molecule has 156 valence electrons. The Hall–Kier alpha value is -3.65. The van der Waals surface area contributed by atoms with Crippen molar-refractivity contribution in [3.63, 3.8) is 0 Å². The van der Waals surface area contributed by atoms with Crippen LogP contribution in [0.25, 0.3) is 16.9 Å². The SMILES string of the molecule is CCOC(=O)c1ccccc1NC(=O)CSc1ccc2nc(-c3ccccc3)cn2n1. The van der Waals surface area contributed by atoms with Gasteiger partial charge in [0.2, 0.25) is 5.91 Å². The van der Waals surface area contributed by atoms with E-state index in [4.69, 9.17) is 4.74 Å². The summed E-state index contributed by atoms with van der Waals surface area (Å²) < 4.78 is 6.75. The molecule has 0 saturated heterocycles. The molecule has 0 atom stereocenters. The molecule has 0 aliphatic heterocycles. The van der Waals surface area contributed by atoms with E-state index in [9.17, 15) is 9.59 Å². The maximum absolute atomic E-state index is 12.4. The lowest BCUT2D eigenvalue weighted by atomic mass is 10.2. The molecule has 1 N–H and O–H groups in total. The second-order valence-electron chi connectivity index (χ2n) is 6.57. The second kappa shape index (κ2) is 9.44. The van der Waals surface area contributed by atoms with Crippen LogP contribution < -0.4 is 5.32 Å². The maximum Gasteiger partial charge on any atom is 0.340 e. The molecule has 0 aliphatic carbocycles. The Balaban J connectivity index is 1.42. The van der Waals surface area contributed by atoms with Gasteiger partial charge in [0.25, 0.3) is 0 Å². The highest BCUT2D eigenvalue weighted by Crippen LogP contribution is 2.22. The average Bonchev–Trinajstić information content (AvgIpc) is 3.22. The van der Waals surface area contributed by atoms with Gasteiger partial charge in [-0.2, -0.15) is 5.10 Å². The summed E-state index contributed by atoms with van der Waals surface area (Å²) in [4.78, 5) is 29.1. The number of nitrogens with zero attached hydrogens (tertiary/aromatic N) is 3. The minimum absolute atomic E-state index is 0.149. The zero-order chi connectivity index (χ0) is 21.6. The summed E-state index contributed by atoms with van der Waals surface area (Å²) in [5, 5.41) is 8.00. The van der Waals surface area contributed by atoms with Crippen LogP contribution >= 0.6 is 11.8 Å². The van der Waals surface area contributed by atoms with Gasteiger partial charge in [-0.05, 0) is 31.2 Å². The third-order valence-electron chi connectivity index (χ3n) is 4.41. The van der Waals surface area contributed by atoms with Crippen LogP contribution in [0.1, 0.15) is 17.3 Å². The van der Waals surface area contributed by atoms with Crippen LogP contribution in [0.3, 0.4) is 0 Å². The summed E-state index contributed by atoms with van der Waals surface area (Å²) in [5.41, 5.74) is 3.34. The van der Waals surface area contributed by atoms with Gasteiger partial charge in [-0.25, -0.2) is 14.3 Å². The van der Waals surface area contributed by atoms with Crippen LogP contribution in [0.15, 0.2) is 78.0 Å². The number of hydrogen-bond donors (Lipinski definition) is 1. The zero-order valence-corrected chi connectivity index (χ0v) is 17.6. The molecule has 0 unspecified atom stereocenters. The summed E-state index contributed by atoms with van der Waals surface area (Å²) in [7, 11) is 0. The number of thioether (sulfide) groups is 1. The number of esters is 1. The summed E-state index contributed by atoms with van der Waals surface area (Å²) in [5.74, 6) is -0.553. The van der Waals surface area contributed by atoms with Gasteiger partial charge in [0.1, 0.15) is 5.03 Å². The van der Waals surface area contributed by atoms with E-state index in [0.717, 1.165) is 16.9 Å². The summed E-state index contributed by atoms with van der Waals surface area (Å²) >= 11 is 1.30. The van der Waals surface area contributed by atoms with Gasteiger partial charge in [-0.15, -0.1) is 0 Å². The van der Waals surface area contributed by atoms with Crippen molar-refractivity contribution in [2.75, 3.05) is 17.7 Å². The van der Waals surface area contributed by atoms with Gasteiger partial charge < -0.3 is 10.1 Å². The minimum atomic E-state index is -0.465. The van der Waals surface area contributed by atoms with E-state index in [1.165, 1.54) is 11.8 Å². The Bertz CT molecular complexity index is 1220. The molecule has 4 aromatic rings. The number of carbonyl (C=O) groups excluding carboxylic acids is 2. The second-order valence-corrected chi connectivity index (χ2v) is 7.57. The highest BCUT2D eigenvalue weighted by Gasteiger charge is 2.14. The standard InChI is InChI=1S/C23H20N4O3S/c1-2-30-23(29)17-10-6-7-11-18(17)25-21(28)15-31-22-13-12-20-24-19(14-27(20)26-22)16-8-4-3-5-9-16/h3-14H,2,15H2,1H3,(H,25,28). The van der Waals surface area contributed by atoms with Gasteiger partial charge in [0.05, 0.1) is 35.5 Å². The Morgan fingerprint density at radius 1 is 1.03 bits per heavy atom. The number of nitrogens with one attached hydrogen (secondary N) is 1. The number of amides is 1. The molecule has 4 rings (SSSR count). The fourth-order valence-corrected chi connectivity index (χ4v) is 3.66. The lowest BCUT2D eigenvalue weighted by Crippen LogP contribution is -2.17. The number of ether oxygens (including phenoxy) is 1. The van der Waals surface area contributed by atoms with Gasteiger partial charge >= 0.3 is 5.97 Å². The normalized spacial score (nSPS) is 10.7. The maximum atomic E-state index is 12.4. The first-order valence-electron chi connectivity index (χ1n) is 9.74. The number of aromatic nitrogens is 3. The van der Waals surface area contributed by atoms with Gasteiger partial charge in [0.15, 0.2) is 5.65 Å². The number of imidazole rings is 1. The topological polar surface area (TPSA) is 85.6 Å². The third-order valence-corrected chi connectivity index (χ3v) is 5.33. The zero-order valence-electron chi connectivity index (χ0n) is 16.8. The fraction of sp³-hybridized carbons (Fsp3) is 0.130. The van der Waals surface area contributed by atoms with Crippen LogP contribution in [-0.4, -0.2) is 38.8 Å². The number of rotatable bonds is 7. The van der Waals surface area contributed by atoms with Gasteiger partial charge in [0, 0.05) is 5.56 Å². The van der Waals surface area contributed by atoms with Crippen molar-refractivity contribution in [2.45, 2.75) is 11.9 Å². The van der Waals surface area contributed by atoms with Crippen molar-refractivity contribution in [1.29, 1.82) is 0 Å². The number of carbonyl (C=O) groups is 2. The minimum Gasteiger partial charge on any atom is -0.462 e. The number of benzene rings is 2. The molecule has 1 amide bonds. The number of fused-ring (bicyclic) bond motifs is 1. The summed E-state index contributed by atoms with van der Waals surface area (Å²) in [6.07, 6.45) is 1.87. The summed E-state index contributed by atoms with van der Waals surface area (Å²) in [6, 6.07) is 20.4. The van der Waals surface area contributed by atoms with Crippen LogP contribution in [0.5, 0.6) is 0 Å². The molecule has 8 heteroatoms. The number of hydrogen-bond acceptors (Lipinski definition) is 6. The molecule has 0 radical (unpaired) electrons. The Morgan fingerprint density at radius 3 is 2.61 bits per heavy atom. The van der Waals surface area contributed by atoms with Crippen LogP contribution in [0.4, 0.5) is 5.69 Å². The van der Waals surface area contributed by atoms with Crippen molar-refractivity contribution >= 4 is 35.0 Å². The lowest BCUT2D eigenvalue weighted by Gasteiger charge is -2.10. The van der Waals surface area contributed by atoms with E-state index in [2.05, 4.69) is 15.4 Å². The molecular formula is C23H20N4O3S. The van der Waals surface area contributed by atoms with Crippen molar-refractivity contribution < 1.29 is 14.3 Å². The molecule has 0 saturated carbocycles. The van der Waals surface area contributed by atoms with E-state index in [1.807, 2.05) is 48.7 Å². The van der Waals surface area contributed by atoms with Gasteiger partial charge in [-0.1, -0.05) is 54.2 Å². The molecule has 2 aromatic carbocycles. The van der Waals surface area contributed by atoms with Crippen molar-refractivity contribution in [3.8, 4) is 11.3 Å². The predicted octanol–water partition coefficient (Wildman–Crippen LogP) is 4.30. The smallest absolute Gasteiger partial charge is 0.340 e.